The second kappa shape index (κ2) is 6.25. The molecular weight excluding hydrogens is 262 g/mol. The Labute approximate surface area is 129 Å². The van der Waals surface area contributed by atoms with Crippen LogP contribution in [0, 0.1) is 5.92 Å². The number of amides is 1. The summed E-state index contributed by atoms with van der Waals surface area (Å²) in [6.45, 7) is 9.03. The van der Waals surface area contributed by atoms with Crippen LogP contribution in [0.1, 0.15) is 59.3 Å². The van der Waals surface area contributed by atoms with Gasteiger partial charge >= 0.3 is 0 Å². The maximum atomic E-state index is 12.9. The predicted molar refractivity (Wildman–Crippen MR) is 84.9 cm³/mol. The summed E-state index contributed by atoms with van der Waals surface area (Å²) in [5.74, 6) is 0.937. The van der Waals surface area contributed by atoms with Crippen molar-refractivity contribution in [3.8, 4) is 0 Å². The van der Waals surface area contributed by atoms with Crippen LogP contribution in [0.25, 0.3) is 0 Å². The number of carbonyl (C=O) groups is 1. The minimum atomic E-state index is 0.0487. The number of carbonyl (C=O) groups excluding carboxylic acids is 1. The molecule has 0 aromatic rings. The minimum absolute atomic E-state index is 0.0487. The average Bonchev–Trinajstić information content (AvgIpc) is 3.00. The molecule has 0 aromatic carbocycles. The highest BCUT2D eigenvalue weighted by atomic mass is 16.2. The van der Waals surface area contributed by atoms with E-state index in [4.69, 9.17) is 0 Å². The van der Waals surface area contributed by atoms with E-state index in [1.807, 2.05) is 0 Å². The molecule has 3 aliphatic heterocycles. The maximum absolute atomic E-state index is 12.9. The van der Waals surface area contributed by atoms with Gasteiger partial charge in [-0.1, -0.05) is 27.2 Å². The van der Waals surface area contributed by atoms with Crippen LogP contribution < -0.4 is 5.32 Å². The van der Waals surface area contributed by atoms with Gasteiger partial charge in [0, 0.05) is 12.6 Å². The molecule has 120 valence electrons. The molecule has 0 radical (unpaired) electrons. The fraction of sp³-hybridized carbons (Fsp3) is 0.941. The second-order valence-corrected chi connectivity index (χ2v) is 7.47. The highest BCUT2D eigenvalue weighted by molar-refractivity contribution is 5.84. The minimum Gasteiger partial charge on any atom is -0.321 e. The van der Waals surface area contributed by atoms with Gasteiger partial charge in [0.2, 0.25) is 5.91 Å². The van der Waals surface area contributed by atoms with Crippen molar-refractivity contribution < 1.29 is 4.79 Å². The summed E-state index contributed by atoms with van der Waals surface area (Å²) in [5, 5.41) is 3.60. The Kier molecular flexibility index (Phi) is 4.55. The fourth-order valence-electron chi connectivity index (χ4n) is 4.61. The molecule has 3 heterocycles. The summed E-state index contributed by atoms with van der Waals surface area (Å²) in [6, 6.07) is 1.12. The third-order valence-corrected chi connectivity index (χ3v) is 5.55. The molecule has 0 spiro atoms. The third kappa shape index (κ3) is 2.85. The summed E-state index contributed by atoms with van der Waals surface area (Å²) in [7, 11) is 0. The number of hydrogen-bond donors (Lipinski definition) is 1. The Morgan fingerprint density at radius 1 is 1.19 bits per heavy atom. The first-order valence-corrected chi connectivity index (χ1v) is 8.94. The zero-order chi connectivity index (χ0) is 15.0. The van der Waals surface area contributed by atoms with E-state index in [1.165, 1.54) is 38.8 Å². The number of rotatable bonds is 4. The van der Waals surface area contributed by atoms with Crippen LogP contribution in [0.3, 0.4) is 0 Å². The fourth-order valence-corrected chi connectivity index (χ4v) is 4.61. The standard InChI is InChI=1S/C17H31N3O/c1-4-16-18-13(11-12(2)3)17(21)20(16)15-8-10-19-9-6-5-7-14(15)19/h12-16,18H,4-11H2,1-3H3. The van der Waals surface area contributed by atoms with Gasteiger partial charge in [-0.3, -0.25) is 15.0 Å². The van der Waals surface area contributed by atoms with Gasteiger partial charge in [-0.2, -0.15) is 0 Å². The van der Waals surface area contributed by atoms with E-state index in [9.17, 15) is 4.79 Å². The lowest BCUT2D eigenvalue weighted by Gasteiger charge is -2.38. The van der Waals surface area contributed by atoms with Crippen molar-refractivity contribution in [2.45, 2.75) is 83.6 Å². The molecule has 0 aliphatic carbocycles. The average molecular weight is 293 g/mol. The Bertz CT molecular complexity index is 384. The summed E-state index contributed by atoms with van der Waals surface area (Å²) in [5.41, 5.74) is 0. The van der Waals surface area contributed by atoms with Gasteiger partial charge < -0.3 is 4.90 Å². The molecule has 1 amide bonds. The Morgan fingerprint density at radius 3 is 2.71 bits per heavy atom. The van der Waals surface area contributed by atoms with E-state index in [1.54, 1.807) is 0 Å². The first-order chi connectivity index (χ1) is 10.1. The Hall–Kier alpha value is -0.610. The molecular formula is C17H31N3O. The normalized spacial score (nSPS) is 37.5. The number of fused-ring (bicyclic) bond motifs is 1. The summed E-state index contributed by atoms with van der Waals surface area (Å²) >= 11 is 0. The molecule has 4 heteroatoms. The van der Waals surface area contributed by atoms with E-state index in [0.717, 1.165) is 12.8 Å². The van der Waals surface area contributed by atoms with Crippen LogP contribution >= 0.6 is 0 Å². The quantitative estimate of drug-likeness (QED) is 0.863. The lowest BCUT2D eigenvalue weighted by atomic mass is 9.97. The monoisotopic (exact) mass is 293 g/mol. The van der Waals surface area contributed by atoms with Crippen LogP contribution in [-0.4, -0.2) is 53.1 Å². The molecule has 3 saturated heterocycles. The van der Waals surface area contributed by atoms with Crippen LogP contribution in [0.2, 0.25) is 0 Å². The first kappa shape index (κ1) is 15.3. The lowest BCUT2D eigenvalue weighted by molar-refractivity contribution is -0.133. The number of nitrogens with one attached hydrogen (secondary N) is 1. The van der Waals surface area contributed by atoms with Gasteiger partial charge in [0.1, 0.15) is 0 Å². The number of piperidine rings is 1. The van der Waals surface area contributed by atoms with Crippen molar-refractivity contribution in [2.24, 2.45) is 5.92 Å². The SMILES string of the molecule is CCC1NC(CC(C)C)C(=O)N1C1CCN2CCCCC12. The summed E-state index contributed by atoms with van der Waals surface area (Å²) in [4.78, 5) is 17.8. The topological polar surface area (TPSA) is 35.6 Å². The maximum Gasteiger partial charge on any atom is 0.241 e. The van der Waals surface area contributed by atoms with Crippen molar-refractivity contribution in [3.63, 3.8) is 0 Å². The van der Waals surface area contributed by atoms with Gasteiger partial charge in [-0.05, 0) is 44.6 Å². The van der Waals surface area contributed by atoms with Gasteiger partial charge in [-0.15, -0.1) is 0 Å². The van der Waals surface area contributed by atoms with Crippen LogP contribution in [0.15, 0.2) is 0 Å². The van der Waals surface area contributed by atoms with Crippen molar-refractivity contribution in [1.82, 2.24) is 15.1 Å². The van der Waals surface area contributed by atoms with Crippen LogP contribution in [-0.2, 0) is 4.79 Å². The molecule has 4 atom stereocenters. The van der Waals surface area contributed by atoms with Crippen molar-refractivity contribution in [1.29, 1.82) is 0 Å². The van der Waals surface area contributed by atoms with Crippen molar-refractivity contribution in [2.75, 3.05) is 13.1 Å². The molecule has 0 bridgehead atoms. The zero-order valence-electron chi connectivity index (χ0n) is 13.8. The molecule has 4 nitrogen and oxygen atoms in total. The van der Waals surface area contributed by atoms with Crippen LogP contribution in [0.4, 0.5) is 0 Å². The molecule has 0 aromatic heterocycles. The summed E-state index contributed by atoms with van der Waals surface area (Å²) < 4.78 is 0. The van der Waals surface area contributed by atoms with E-state index in [2.05, 4.69) is 35.9 Å². The van der Waals surface area contributed by atoms with Gasteiger partial charge in [0.15, 0.2) is 0 Å². The number of nitrogens with zero attached hydrogens (tertiary/aromatic N) is 2. The highest BCUT2D eigenvalue weighted by Gasteiger charge is 2.47. The molecule has 3 fully saturated rings. The van der Waals surface area contributed by atoms with E-state index >= 15 is 0 Å². The van der Waals surface area contributed by atoms with Gasteiger partial charge in [-0.25, -0.2) is 0 Å². The molecule has 3 rings (SSSR count). The molecule has 4 unspecified atom stereocenters. The third-order valence-electron chi connectivity index (χ3n) is 5.55. The second-order valence-electron chi connectivity index (χ2n) is 7.47. The van der Waals surface area contributed by atoms with E-state index in [-0.39, 0.29) is 12.2 Å². The first-order valence-electron chi connectivity index (χ1n) is 8.94. The van der Waals surface area contributed by atoms with E-state index < -0.39 is 0 Å². The Morgan fingerprint density at radius 2 is 2.00 bits per heavy atom. The molecule has 1 N–H and O–H groups in total. The molecule has 21 heavy (non-hydrogen) atoms. The van der Waals surface area contributed by atoms with Gasteiger partial charge in [0.25, 0.3) is 0 Å². The Balaban J connectivity index is 1.74. The summed E-state index contributed by atoms with van der Waals surface area (Å²) in [6.07, 6.45) is 7.36. The largest absolute Gasteiger partial charge is 0.321 e. The zero-order valence-corrected chi connectivity index (χ0v) is 13.8. The van der Waals surface area contributed by atoms with E-state index in [0.29, 0.717) is 23.9 Å². The molecule has 0 saturated carbocycles. The van der Waals surface area contributed by atoms with Crippen molar-refractivity contribution in [3.05, 3.63) is 0 Å². The number of hydrogen-bond acceptors (Lipinski definition) is 3. The van der Waals surface area contributed by atoms with Crippen molar-refractivity contribution >= 4 is 5.91 Å². The highest BCUT2D eigenvalue weighted by Crippen LogP contribution is 2.34. The molecule has 3 aliphatic rings. The predicted octanol–water partition coefficient (Wildman–Crippen LogP) is 2.20. The lowest BCUT2D eigenvalue weighted by Crippen LogP contribution is -2.51. The van der Waals surface area contributed by atoms with Gasteiger partial charge in [0.05, 0.1) is 18.2 Å². The van der Waals surface area contributed by atoms with Crippen LogP contribution in [0.5, 0.6) is 0 Å². The smallest absolute Gasteiger partial charge is 0.241 e.